The zero-order valence-corrected chi connectivity index (χ0v) is 14.6. The monoisotopic (exact) mass is 336 g/mol. The lowest BCUT2D eigenvalue weighted by Gasteiger charge is -2.37. The summed E-state index contributed by atoms with van der Waals surface area (Å²) in [7, 11) is 0. The predicted octanol–water partition coefficient (Wildman–Crippen LogP) is 2.55. The number of hydrogen-bond acceptors (Lipinski definition) is 4. The maximum absolute atomic E-state index is 11.4. The lowest BCUT2D eigenvalue weighted by Crippen LogP contribution is -2.46. The van der Waals surface area contributed by atoms with Gasteiger partial charge in [0.25, 0.3) is 0 Å². The fourth-order valence-electron chi connectivity index (χ4n) is 3.14. The molecule has 1 fully saturated rings. The maximum atomic E-state index is 11.4. The zero-order chi connectivity index (χ0) is 17.8. The molecule has 0 aliphatic carbocycles. The van der Waals surface area contributed by atoms with Gasteiger partial charge in [-0.1, -0.05) is 31.7 Å². The van der Waals surface area contributed by atoms with E-state index in [0.29, 0.717) is 5.57 Å². The van der Waals surface area contributed by atoms with Gasteiger partial charge in [0.2, 0.25) is 5.91 Å². The summed E-state index contributed by atoms with van der Waals surface area (Å²) in [5, 5.41) is 0. The van der Waals surface area contributed by atoms with Crippen LogP contribution in [-0.2, 0) is 4.79 Å². The first kappa shape index (κ1) is 17.0. The number of anilines is 2. The molecule has 1 amide bonds. The average Bonchev–Trinajstić information content (AvgIpc) is 2.67. The van der Waals surface area contributed by atoms with Crippen LogP contribution in [0.4, 0.5) is 11.5 Å². The van der Waals surface area contributed by atoms with Crippen LogP contribution in [0.2, 0.25) is 0 Å². The third-order valence-electron chi connectivity index (χ3n) is 4.83. The first-order valence-electron chi connectivity index (χ1n) is 8.56. The van der Waals surface area contributed by atoms with Crippen molar-refractivity contribution in [1.82, 2.24) is 4.98 Å². The molecular formula is C20H24N4O. The highest BCUT2D eigenvalue weighted by Gasteiger charge is 2.20. The number of aromatic nitrogens is 1. The van der Waals surface area contributed by atoms with Gasteiger partial charge in [0, 0.05) is 49.6 Å². The van der Waals surface area contributed by atoms with E-state index in [1.807, 2.05) is 43.5 Å². The number of nitrogens with zero attached hydrogens (tertiary/aromatic N) is 3. The Hall–Kier alpha value is -2.82. The van der Waals surface area contributed by atoms with E-state index in [4.69, 9.17) is 5.73 Å². The fraction of sp³-hybridized carbons (Fsp3) is 0.300. The third-order valence-corrected chi connectivity index (χ3v) is 4.83. The molecule has 130 valence electrons. The molecule has 5 heteroatoms. The third kappa shape index (κ3) is 3.82. The number of amides is 1. The van der Waals surface area contributed by atoms with Crippen molar-refractivity contribution in [2.45, 2.75) is 12.8 Å². The predicted molar refractivity (Wildman–Crippen MR) is 102 cm³/mol. The largest absolute Gasteiger partial charge is 0.368 e. The number of benzene rings is 1. The molecule has 0 spiro atoms. The minimum Gasteiger partial charge on any atom is -0.368 e. The number of nitrogens with two attached hydrogens (primary N) is 1. The molecule has 1 aromatic heterocycles. The van der Waals surface area contributed by atoms with E-state index in [-0.39, 0.29) is 5.92 Å². The smallest absolute Gasteiger partial charge is 0.244 e. The van der Waals surface area contributed by atoms with E-state index in [1.165, 1.54) is 5.69 Å². The van der Waals surface area contributed by atoms with Crippen LogP contribution in [0.15, 0.2) is 60.8 Å². The summed E-state index contributed by atoms with van der Waals surface area (Å²) in [5.74, 6) is 0.511. The van der Waals surface area contributed by atoms with Gasteiger partial charge in [-0.05, 0) is 29.8 Å². The molecule has 0 saturated carbocycles. The van der Waals surface area contributed by atoms with Crippen LogP contribution in [0.1, 0.15) is 18.4 Å². The van der Waals surface area contributed by atoms with E-state index in [9.17, 15) is 4.79 Å². The second kappa shape index (κ2) is 7.38. The Balaban J connectivity index is 1.69. The molecule has 0 radical (unpaired) electrons. The molecule has 1 unspecified atom stereocenters. The van der Waals surface area contributed by atoms with Crippen LogP contribution < -0.4 is 15.5 Å². The van der Waals surface area contributed by atoms with Crippen molar-refractivity contribution in [3.05, 3.63) is 66.4 Å². The van der Waals surface area contributed by atoms with Gasteiger partial charge in [-0.15, -0.1) is 0 Å². The summed E-state index contributed by atoms with van der Waals surface area (Å²) in [6.45, 7) is 9.52. The molecule has 3 rings (SSSR count). The topological polar surface area (TPSA) is 62.5 Å². The summed E-state index contributed by atoms with van der Waals surface area (Å²) in [4.78, 5) is 20.5. The molecule has 1 aliphatic rings. The summed E-state index contributed by atoms with van der Waals surface area (Å²) in [6, 6.07) is 14.3. The summed E-state index contributed by atoms with van der Waals surface area (Å²) >= 11 is 0. The van der Waals surface area contributed by atoms with Gasteiger partial charge in [0.05, 0.1) is 0 Å². The fourth-order valence-corrected chi connectivity index (χ4v) is 3.14. The van der Waals surface area contributed by atoms with E-state index in [2.05, 4.69) is 33.5 Å². The molecule has 1 aromatic carbocycles. The van der Waals surface area contributed by atoms with Crippen LogP contribution in [-0.4, -0.2) is 37.1 Å². The van der Waals surface area contributed by atoms with E-state index >= 15 is 0 Å². The number of piperazine rings is 1. The molecular weight excluding hydrogens is 312 g/mol. The SMILES string of the molecule is C=C(C(N)=O)C(C)c1cccc(N2CCN(c3ccccn3)CC2)c1. The first-order chi connectivity index (χ1) is 12.1. The minimum atomic E-state index is -0.443. The van der Waals surface area contributed by atoms with E-state index < -0.39 is 5.91 Å². The molecule has 1 aliphatic heterocycles. The Kier molecular flexibility index (Phi) is 5.03. The molecule has 2 aromatic rings. The van der Waals surface area contributed by atoms with Crippen LogP contribution >= 0.6 is 0 Å². The van der Waals surface area contributed by atoms with E-state index in [0.717, 1.165) is 37.6 Å². The molecule has 0 bridgehead atoms. The highest BCUT2D eigenvalue weighted by atomic mass is 16.1. The Morgan fingerprint density at radius 1 is 1.12 bits per heavy atom. The second-order valence-corrected chi connectivity index (χ2v) is 6.37. The lowest BCUT2D eigenvalue weighted by atomic mass is 9.93. The molecule has 1 saturated heterocycles. The van der Waals surface area contributed by atoms with Crippen LogP contribution in [0.3, 0.4) is 0 Å². The summed E-state index contributed by atoms with van der Waals surface area (Å²) < 4.78 is 0. The zero-order valence-electron chi connectivity index (χ0n) is 14.6. The van der Waals surface area contributed by atoms with Gasteiger partial charge < -0.3 is 15.5 Å². The Labute approximate surface area is 148 Å². The molecule has 1 atom stereocenters. The van der Waals surface area contributed by atoms with Crippen molar-refractivity contribution in [3.63, 3.8) is 0 Å². The minimum absolute atomic E-state index is 0.0766. The molecule has 2 N–H and O–H groups in total. The van der Waals surface area contributed by atoms with Gasteiger partial charge in [0.15, 0.2) is 0 Å². The van der Waals surface area contributed by atoms with Crippen molar-refractivity contribution < 1.29 is 4.79 Å². The molecule has 2 heterocycles. The van der Waals surface area contributed by atoms with Gasteiger partial charge in [-0.3, -0.25) is 4.79 Å². The van der Waals surface area contributed by atoms with Crippen molar-refractivity contribution >= 4 is 17.4 Å². The van der Waals surface area contributed by atoms with Crippen LogP contribution in [0, 0.1) is 0 Å². The van der Waals surface area contributed by atoms with Gasteiger partial charge in [-0.25, -0.2) is 4.98 Å². The molecule has 25 heavy (non-hydrogen) atoms. The van der Waals surface area contributed by atoms with Crippen LogP contribution in [0.25, 0.3) is 0 Å². The van der Waals surface area contributed by atoms with Gasteiger partial charge in [0.1, 0.15) is 5.82 Å². The summed E-state index contributed by atoms with van der Waals surface area (Å²) in [5.41, 5.74) is 8.04. The van der Waals surface area contributed by atoms with Gasteiger partial charge >= 0.3 is 0 Å². The highest BCUT2D eigenvalue weighted by molar-refractivity contribution is 5.92. The van der Waals surface area contributed by atoms with E-state index in [1.54, 1.807) is 0 Å². The number of pyridine rings is 1. The second-order valence-electron chi connectivity index (χ2n) is 6.37. The Bertz CT molecular complexity index is 751. The summed E-state index contributed by atoms with van der Waals surface area (Å²) in [6.07, 6.45) is 1.83. The average molecular weight is 336 g/mol. The number of rotatable bonds is 5. The first-order valence-corrected chi connectivity index (χ1v) is 8.56. The van der Waals surface area contributed by atoms with Crippen LogP contribution in [0.5, 0.6) is 0 Å². The number of carbonyl (C=O) groups is 1. The van der Waals surface area contributed by atoms with Crippen molar-refractivity contribution in [3.8, 4) is 0 Å². The maximum Gasteiger partial charge on any atom is 0.244 e. The standard InChI is InChI=1S/C20H24N4O/c1-15(16(2)20(21)25)17-6-5-7-18(14-17)23-10-12-24(13-11-23)19-8-3-4-9-22-19/h3-9,14-15H,2,10-13H2,1H3,(H2,21,25). The highest BCUT2D eigenvalue weighted by Crippen LogP contribution is 2.27. The van der Waals surface area contributed by atoms with Crippen molar-refractivity contribution in [1.29, 1.82) is 0 Å². The quantitative estimate of drug-likeness (QED) is 0.853. The van der Waals surface area contributed by atoms with Crippen molar-refractivity contribution in [2.75, 3.05) is 36.0 Å². The number of primary amides is 1. The number of carbonyl (C=O) groups excluding carboxylic acids is 1. The van der Waals surface area contributed by atoms with Gasteiger partial charge in [-0.2, -0.15) is 0 Å². The van der Waals surface area contributed by atoms with Crippen molar-refractivity contribution in [2.24, 2.45) is 5.73 Å². The molecule has 5 nitrogen and oxygen atoms in total. The Morgan fingerprint density at radius 2 is 1.84 bits per heavy atom. The normalized spacial score (nSPS) is 15.7. The number of hydrogen-bond donors (Lipinski definition) is 1. The Morgan fingerprint density at radius 3 is 2.48 bits per heavy atom. The lowest BCUT2D eigenvalue weighted by molar-refractivity contribution is -0.114.